The van der Waals surface area contributed by atoms with Gasteiger partial charge in [-0.2, -0.15) is 5.26 Å². The molecule has 2 aromatic rings. The molecule has 0 aromatic heterocycles. The van der Waals surface area contributed by atoms with Gasteiger partial charge in [0.15, 0.2) is 18.1 Å². The fraction of sp³-hybridized carbons (Fsp3) is 0.250. The predicted octanol–water partition coefficient (Wildman–Crippen LogP) is 1.02. The molecule has 146 valence electrons. The topological polar surface area (TPSA) is 121 Å². The van der Waals surface area contributed by atoms with Gasteiger partial charge in [-0.15, -0.1) is 0 Å². The number of amides is 1. The smallest absolute Gasteiger partial charge is 0.258 e. The van der Waals surface area contributed by atoms with Crippen LogP contribution in [0.15, 0.2) is 36.4 Å². The highest BCUT2D eigenvalue weighted by Gasteiger charge is 2.10. The van der Waals surface area contributed by atoms with Crippen LogP contribution in [0.2, 0.25) is 0 Å². The average molecular weight is 383 g/mol. The van der Waals surface area contributed by atoms with Crippen LogP contribution >= 0.6 is 0 Å². The number of hydrogen-bond acceptors (Lipinski definition) is 7. The first-order valence-corrected chi connectivity index (χ1v) is 8.43. The third kappa shape index (κ3) is 5.38. The molecule has 8 nitrogen and oxygen atoms in total. The first-order valence-electron chi connectivity index (χ1n) is 8.43. The number of aromatic carboxylic acids is 1. The third-order valence-corrected chi connectivity index (χ3v) is 3.70. The summed E-state index contributed by atoms with van der Waals surface area (Å²) >= 11 is 0. The first kappa shape index (κ1) is 20.6. The number of nitrogens with one attached hydrogen (secondary N) is 1. The maximum atomic E-state index is 12.0. The third-order valence-electron chi connectivity index (χ3n) is 3.70. The molecule has 0 heterocycles. The van der Waals surface area contributed by atoms with Crippen molar-refractivity contribution >= 4 is 11.9 Å². The molecule has 0 radical (unpaired) electrons. The highest BCUT2D eigenvalue weighted by molar-refractivity contribution is 5.89. The summed E-state index contributed by atoms with van der Waals surface area (Å²) in [7, 11) is 1.36. The minimum absolute atomic E-state index is 0.0931. The summed E-state index contributed by atoms with van der Waals surface area (Å²) in [5.74, 6) is -0.860. The monoisotopic (exact) mass is 383 g/mol. The van der Waals surface area contributed by atoms with E-state index in [1.807, 2.05) is 6.07 Å². The maximum Gasteiger partial charge on any atom is 0.258 e. The molecule has 28 heavy (non-hydrogen) atoms. The number of carboxylic acid groups (broad SMARTS) is 1. The van der Waals surface area contributed by atoms with Crippen molar-refractivity contribution in [2.75, 3.05) is 20.3 Å². The zero-order valence-electron chi connectivity index (χ0n) is 15.5. The van der Waals surface area contributed by atoms with Crippen molar-refractivity contribution in [3.8, 4) is 23.3 Å². The Hall–Kier alpha value is -3.73. The van der Waals surface area contributed by atoms with E-state index in [1.165, 1.54) is 25.3 Å². The minimum atomic E-state index is -1.36. The van der Waals surface area contributed by atoms with E-state index in [1.54, 1.807) is 25.1 Å². The number of nitriles is 1. The number of carbonyl (C=O) groups excluding carboxylic acids is 2. The summed E-state index contributed by atoms with van der Waals surface area (Å²) in [6.45, 7) is 2.02. The minimum Gasteiger partial charge on any atom is -0.545 e. The van der Waals surface area contributed by atoms with Crippen molar-refractivity contribution in [2.45, 2.75) is 13.5 Å². The van der Waals surface area contributed by atoms with Gasteiger partial charge in [-0.25, -0.2) is 0 Å². The molecule has 0 saturated carbocycles. The lowest BCUT2D eigenvalue weighted by Gasteiger charge is -2.13. The average Bonchev–Trinajstić information content (AvgIpc) is 2.71. The predicted molar refractivity (Wildman–Crippen MR) is 97.0 cm³/mol. The quantitative estimate of drug-likeness (QED) is 0.686. The van der Waals surface area contributed by atoms with E-state index in [9.17, 15) is 14.7 Å². The number of hydrogen-bond donors (Lipinski definition) is 1. The summed E-state index contributed by atoms with van der Waals surface area (Å²) in [4.78, 5) is 23.2. The molecule has 1 amide bonds. The molecule has 0 aliphatic heterocycles. The van der Waals surface area contributed by atoms with E-state index in [2.05, 4.69) is 5.32 Å². The molecular formula is C20H19N2O6-. The van der Waals surface area contributed by atoms with Crippen LogP contribution < -0.4 is 24.6 Å². The molecule has 2 rings (SSSR count). The lowest BCUT2D eigenvalue weighted by atomic mass is 10.1. The molecule has 0 atom stereocenters. The molecule has 0 bridgehead atoms. The van der Waals surface area contributed by atoms with Crippen LogP contribution in [0.25, 0.3) is 0 Å². The van der Waals surface area contributed by atoms with Gasteiger partial charge in [-0.05, 0) is 36.8 Å². The van der Waals surface area contributed by atoms with Gasteiger partial charge in [-0.3, -0.25) is 4.79 Å². The highest BCUT2D eigenvalue weighted by atomic mass is 16.5. The Bertz CT molecular complexity index is 904. The van der Waals surface area contributed by atoms with E-state index < -0.39 is 11.9 Å². The summed E-state index contributed by atoms with van der Waals surface area (Å²) in [5.41, 5.74) is 0.898. The fourth-order valence-electron chi connectivity index (χ4n) is 2.38. The Labute approximate surface area is 162 Å². The number of carbonyl (C=O) groups is 2. The number of carboxylic acids is 1. The van der Waals surface area contributed by atoms with Gasteiger partial charge < -0.3 is 29.4 Å². The molecule has 0 aliphatic carbocycles. The largest absolute Gasteiger partial charge is 0.545 e. The van der Waals surface area contributed by atoms with Crippen molar-refractivity contribution in [3.05, 3.63) is 53.1 Å². The van der Waals surface area contributed by atoms with Crippen LogP contribution in [-0.4, -0.2) is 32.2 Å². The second-order valence-electron chi connectivity index (χ2n) is 5.59. The fourth-order valence-corrected chi connectivity index (χ4v) is 2.38. The standard InChI is InChI=1S/C20H20N2O6/c1-3-27-18-9-13(10-21)4-7-17(18)28-12-19(23)22-11-14-5-6-16(26-2)15(8-14)20(24)25/h4-9H,3,11-12H2,1-2H3,(H,22,23)(H,24,25)/p-1. The van der Waals surface area contributed by atoms with Crippen molar-refractivity contribution in [1.82, 2.24) is 5.32 Å². The van der Waals surface area contributed by atoms with Gasteiger partial charge in [0.05, 0.1) is 31.3 Å². The number of methoxy groups -OCH3 is 1. The SMILES string of the molecule is CCOc1cc(C#N)ccc1OCC(=O)NCc1ccc(OC)c(C(=O)[O-])c1. The molecule has 0 saturated heterocycles. The van der Waals surface area contributed by atoms with Crippen LogP contribution in [0, 0.1) is 11.3 Å². The second kappa shape index (κ2) is 9.83. The zero-order chi connectivity index (χ0) is 20.5. The van der Waals surface area contributed by atoms with Crippen LogP contribution in [0.5, 0.6) is 17.2 Å². The van der Waals surface area contributed by atoms with Crippen molar-refractivity contribution in [2.24, 2.45) is 0 Å². The Kier molecular flexibility index (Phi) is 7.22. The van der Waals surface area contributed by atoms with Crippen LogP contribution in [0.3, 0.4) is 0 Å². The van der Waals surface area contributed by atoms with Gasteiger partial charge in [0.2, 0.25) is 0 Å². The molecule has 1 N–H and O–H groups in total. The van der Waals surface area contributed by atoms with E-state index in [-0.39, 0.29) is 24.5 Å². The van der Waals surface area contributed by atoms with Crippen LogP contribution in [0.1, 0.15) is 28.4 Å². The summed E-state index contributed by atoms with van der Waals surface area (Å²) in [6.07, 6.45) is 0. The Morgan fingerprint density at radius 2 is 1.86 bits per heavy atom. The van der Waals surface area contributed by atoms with E-state index in [0.29, 0.717) is 29.2 Å². The maximum absolute atomic E-state index is 12.0. The lowest BCUT2D eigenvalue weighted by Crippen LogP contribution is -2.29. The molecular weight excluding hydrogens is 364 g/mol. The summed E-state index contributed by atoms with van der Waals surface area (Å²) in [6, 6.07) is 11.2. The Balaban J connectivity index is 1.96. The van der Waals surface area contributed by atoms with E-state index >= 15 is 0 Å². The van der Waals surface area contributed by atoms with Crippen molar-refractivity contribution in [1.29, 1.82) is 5.26 Å². The van der Waals surface area contributed by atoms with Crippen LogP contribution in [-0.2, 0) is 11.3 Å². The molecule has 0 spiro atoms. The van der Waals surface area contributed by atoms with Gasteiger partial charge >= 0.3 is 0 Å². The number of benzene rings is 2. The van der Waals surface area contributed by atoms with E-state index in [0.717, 1.165) is 0 Å². The molecule has 0 unspecified atom stereocenters. The van der Waals surface area contributed by atoms with Gasteiger partial charge in [0, 0.05) is 18.2 Å². The molecule has 2 aromatic carbocycles. The molecule has 0 aliphatic rings. The van der Waals surface area contributed by atoms with Gasteiger partial charge in [0.1, 0.15) is 5.75 Å². The highest BCUT2D eigenvalue weighted by Crippen LogP contribution is 2.28. The Morgan fingerprint density at radius 3 is 2.50 bits per heavy atom. The van der Waals surface area contributed by atoms with E-state index in [4.69, 9.17) is 19.5 Å². The number of rotatable bonds is 9. The Morgan fingerprint density at radius 1 is 1.11 bits per heavy atom. The molecule has 0 fully saturated rings. The lowest BCUT2D eigenvalue weighted by molar-refractivity contribution is -0.255. The number of ether oxygens (including phenoxy) is 3. The van der Waals surface area contributed by atoms with Crippen molar-refractivity contribution < 1.29 is 28.9 Å². The molecule has 8 heteroatoms. The van der Waals surface area contributed by atoms with Gasteiger partial charge in [0.25, 0.3) is 5.91 Å². The van der Waals surface area contributed by atoms with Crippen molar-refractivity contribution in [3.63, 3.8) is 0 Å². The summed E-state index contributed by atoms with van der Waals surface area (Å²) in [5, 5.41) is 22.7. The normalized spacial score (nSPS) is 9.89. The van der Waals surface area contributed by atoms with Gasteiger partial charge in [-0.1, -0.05) is 6.07 Å². The number of nitrogens with zero attached hydrogens (tertiary/aromatic N) is 1. The second-order valence-corrected chi connectivity index (χ2v) is 5.59. The van der Waals surface area contributed by atoms with Crippen LogP contribution in [0.4, 0.5) is 0 Å². The zero-order valence-corrected chi connectivity index (χ0v) is 15.5. The summed E-state index contributed by atoms with van der Waals surface area (Å²) < 4.78 is 15.8. The first-order chi connectivity index (χ1) is 13.5.